The van der Waals surface area contributed by atoms with Crippen LogP contribution in [-0.4, -0.2) is 46.8 Å². The van der Waals surface area contributed by atoms with E-state index in [9.17, 15) is 9.59 Å². The number of nitrogens with zero attached hydrogens (tertiary/aromatic N) is 2. The molecule has 19 heavy (non-hydrogen) atoms. The summed E-state index contributed by atoms with van der Waals surface area (Å²) in [6.07, 6.45) is 6.21. The fourth-order valence-corrected chi connectivity index (χ4v) is 3.89. The summed E-state index contributed by atoms with van der Waals surface area (Å²) in [5, 5.41) is 0. The molecule has 0 N–H and O–H groups in total. The van der Waals surface area contributed by atoms with Gasteiger partial charge in [0.05, 0.1) is 0 Å². The van der Waals surface area contributed by atoms with E-state index in [4.69, 9.17) is 0 Å². The van der Waals surface area contributed by atoms with E-state index in [1.54, 1.807) is 0 Å². The van der Waals surface area contributed by atoms with Gasteiger partial charge < -0.3 is 9.80 Å². The number of fused-ring (bicyclic) bond motifs is 1. The summed E-state index contributed by atoms with van der Waals surface area (Å²) in [7, 11) is 0. The molecule has 2 heterocycles. The molecule has 1 aliphatic carbocycles. The predicted molar refractivity (Wildman–Crippen MR) is 72.5 cm³/mol. The minimum absolute atomic E-state index is 0.154. The second-order valence-corrected chi connectivity index (χ2v) is 6.74. The van der Waals surface area contributed by atoms with Crippen LogP contribution in [0.15, 0.2) is 0 Å². The van der Waals surface area contributed by atoms with E-state index in [1.807, 2.05) is 16.7 Å². The van der Waals surface area contributed by atoms with Gasteiger partial charge in [-0.2, -0.15) is 0 Å². The zero-order valence-corrected chi connectivity index (χ0v) is 12.0. The van der Waals surface area contributed by atoms with Gasteiger partial charge in [0.1, 0.15) is 12.1 Å². The van der Waals surface area contributed by atoms with Crippen molar-refractivity contribution in [3.05, 3.63) is 0 Å². The van der Waals surface area contributed by atoms with Crippen molar-refractivity contribution < 1.29 is 9.59 Å². The van der Waals surface area contributed by atoms with E-state index in [2.05, 4.69) is 6.92 Å². The third-order valence-electron chi connectivity index (χ3n) is 5.26. The summed E-state index contributed by atoms with van der Waals surface area (Å²) >= 11 is 0. The predicted octanol–water partition coefficient (Wildman–Crippen LogP) is 1.79. The molecule has 2 saturated heterocycles. The molecule has 2 amide bonds. The highest BCUT2D eigenvalue weighted by atomic mass is 16.2. The molecule has 106 valence electrons. The summed E-state index contributed by atoms with van der Waals surface area (Å²) in [6, 6.07) is -0.363. The lowest BCUT2D eigenvalue weighted by molar-refractivity contribution is -0.162. The highest BCUT2D eigenvalue weighted by Crippen LogP contribution is 2.42. The normalized spacial score (nSPS) is 33.4. The van der Waals surface area contributed by atoms with Gasteiger partial charge in [-0.1, -0.05) is 20.3 Å². The van der Waals surface area contributed by atoms with E-state index in [-0.39, 0.29) is 29.3 Å². The first-order valence-corrected chi connectivity index (χ1v) is 7.67. The highest BCUT2D eigenvalue weighted by Gasteiger charge is 2.49. The largest absolute Gasteiger partial charge is 0.329 e. The fraction of sp³-hybridized carbons (Fsp3) is 0.867. The molecule has 2 atom stereocenters. The lowest BCUT2D eigenvalue weighted by atomic mass is 9.70. The van der Waals surface area contributed by atoms with E-state index in [0.717, 1.165) is 32.4 Å². The summed E-state index contributed by atoms with van der Waals surface area (Å²) in [6.45, 7) is 5.82. The first kappa shape index (κ1) is 12.9. The summed E-state index contributed by atoms with van der Waals surface area (Å²) in [5.74, 6) is 0.393. The van der Waals surface area contributed by atoms with E-state index in [1.165, 1.54) is 19.3 Å². The van der Waals surface area contributed by atoms with Crippen molar-refractivity contribution in [3.8, 4) is 0 Å². The molecule has 0 aromatic carbocycles. The van der Waals surface area contributed by atoms with E-state index < -0.39 is 0 Å². The Morgan fingerprint density at radius 3 is 2.53 bits per heavy atom. The van der Waals surface area contributed by atoms with E-state index in [0.29, 0.717) is 0 Å². The molecule has 1 saturated carbocycles. The van der Waals surface area contributed by atoms with Crippen LogP contribution in [0, 0.1) is 5.41 Å². The Morgan fingerprint density at radius 1 is 1.21 bits per heavy atom. The van der Waals surface area contributed by atoms with Crippen molar-refractivity contribution in [1.82, 2.24) is 9.80 Å². The number of carbonyl (C=O) groups is 2. The molecule has 3 aliphatic rings. The first-order valence-electron chi connectivity index (χ1n) is 7.67. The Kier molecular flexibility index (Phi) is 3.06. The molecule has 0 aromatic rings. The van der Waals surface area contributed by atoms with Crippen LogP contribution in [0.2, 0.25) is 0 Å². The lowest BCUT2D eigenvalue weighted by Crippen LogP contribution is -2.64. The third-order valence-corrected chi connectivity index (χ3v) is 5.26. The molecule has 0 radical (unpaired) electrons. The Labute approximate surface area is 115 Å². The monoisotopic (exact) mass is 264 g/mol. The number of amides is 2. The Morgan fingerprint density at radius 2 is 1.95 bits per heavy atom. The molecule has 0 spiro atoms. The molecule has 3 rings (SSSR count). The smallest absolute Gasteiger partial charge is 0.246 e. The van der Waals surface area contributed by atoms with Crippen molar-refractivity contribution in [2.24, 2.45) is 5.41 Å². The van der Waals surface area contributed by atoms with Crippen molar-refractivity contribution in [2.45, 2.75) is 64.5 Å². The number of hydrogen-bond acceptors (Lipinski definition) is 2. The molecule has 4 heteroatoms. The maximum absolute atomic E-state index is 12.7. The topological polar surface area (TPSA) is 40.6 Å². The van der Waals surface area contributed by atoms with Crippen LogP contribution in [0.3, 0.4) is 0 Å². The van der Waals surface area contributed by atoms with Crippen LogP contribution >= 0.6 is 0 Å². The molecule has 3 fully saturated rings. The molecule has 4 nitrogen and oxygen atoms in total. The van der Waals surface area contributed by atoms with Gasteiger partial charge in [0.25, 0.3) is 0 Å². The molecule has 2 unspecified atom stereocenters. The van der Waals surface area contributed by atoms with Crippen LogP contribution in [0.5, 0.6) is 0 Å². The molecule has 2 aliphatic heterocycles. The third kappa shape index (κ3) is 1.96. The van der Waals surface area contributed by atoms with Gasteiger partial charge >= 0.3 is 0 Å². The molecular weight excluding hydrogens is 240 g/mol. The minimum Gasteiger partial charge on any atom is -0.329 e. The number of piperazine rings is 1. The van der Waals surface area contributed by atoms with Crippen molar-refractivity contribution in [3.63, 3.8) is 0 Å². The standard InChI is InChI=1S/C15H24N2O2/c1-3-11-13(18)16-9-4-6-12(16)14(19)17(11)10-15(2)7-5-8-15/h11-12H,3-10H2,1-2H3. The quantitative estimate of drug-likeness (QED) is 0.779. The van der Waals surface area contributed by atoms with Gasteiger partial charge in [-0.15, -0.1) is 0 Å². The van der Waals surface area contributed by atoms with Gasteiger partial charge in [0.2, 0.25) is 11.8 Å². The second kappa shape index (κ2) is 4.50. The van der Waals surface area contributed by atoms with Gasteiger partial charge in [-0.05, 0) is 37.5 Å². The van der Waals surface area contributed by atoms with Crippen LogP contribution in [0.4, 0.5) is 0 Å². The average molecular weight is 264 g/mol. The van der Waals surface area contributed by atoms with Crippen molar-refractivity contribution in [1.29, 1.82) is 0 Å². The maximum atomic E-state index is 12.7. The first-order chi connectivity index (χ1) is 9.06. The van der Waals surface area contributed by atoms with Gasteiger partial charge in [0.15, 0.2) is 0 Å². The summed E-state index contributed by atoms with van der Waals surface area (Å²) < 4.78 is 0. The Hall–Kier alpha value is -1.06. The van der Waals surface area contributed by atoms with Crippen molar-refractivity contribution in [2.75, 3.05) is 13.1 Å². The Bertz CT molecular complexity index is 403. The van der Waals surface area contributed by atoms with Crippen LogP contribution < -0.4 is 0 Å². The Balaban J connectivity index is 1.83. The summed E-state index contributed by atoms with van der Waals surface area (Å²) in [4.78, 5) is 28.9. The second-order valence-electron chi connectivity index (χ2n) is 6.74. The highest BCUT2D eigenvalue weighted by molar-refractivity contribution is 5.97. The molecule has 0 aromatic heterocycles. The molecular formula is C15H24N2O2. The van der Waals surface area contributed by atoms with Gasteiger partial charge in [0, 0.05) is 13.1 Å². The van der Waals surface area contributed by atoms with E-state index >= 15 is 0 Å². The number of rotatable bonds is 3. The van der Waals surface area contributed by atoms with Crippen LogP contribution in [-0.2, 0) is 9.59 Å². The zero-order valence-electron chi connectivity index (χ0n) is 12.0. The fourth-order valence-electron chi connectivity index (χ4n) is 3.89. The average Bonchev–Trinajstić information content (AvgIpc) is 2.83. The minimum atomic E-state index is -0.209. The summed E-state index contributed by atoms with van der Waals surface area (Å²) in [5.41, 5.74) is 0.254. The van der Waals surface area contributed by atoms with Gasteiger partial charge in [-0.3, -0.25) is 9.59 Å². The number of carbonyl (C=O) groups excluding carboxylic acids is 2. The van der Waals surface area contributed by atoms with Crippen LogP contribution in [0.1, 0.15) is 52.4 Å². The van der Waals surface area contributed by atoms with Crippen molar-refractivity contribution >= 4 is 11.8 Å². The SMILES string of the molecule is CCC1C(=O)N2CCCC2C(=O)N1CC1(C)CCC1. The van der Waals surface area contributed by atoms with Crippen LogP contribution in [0.25, 0.3) is 0 Å². The van der Waals surface area contributed by atoms with Gasteiger partial charge in [-0.25, -0.2) is 0 Å². The zero-order chi connectivity index (χ0) is 13.6. The maximum Gasteiger partial charge on any atom is 0.246 e. The lowest BCUT2D eigenvalue weighted by Gasteiger charge is -2.48. The number of hydrogen-bond donors (Lipinski definition) is 0. The molecule has 0 bridgehead atoms.